The number of hydrogen-bond acceptors (Lipinski definition) is 8. The number of nitro benzene ring substituents is 1. The molecule has 0 atom stereocenters. The minimum Gasteiger partial charge on any atom is -0.368 e. The number of non-ortho nitro benzene ring substituents is 1. The van der Waals surface area contributed by atoms with Crippen molar-refractivity contribution in [1.29, 1.82) is 0 Å². The number of amides is 1. The van der Waals surface area contributed by atoms with Crippen LogP contribution in [0.1, 0.15) is 0 Å². The smallest absolute Gasteiger partial charge is 0.269 e. The predicted octanol–water partition coefficient (Wildman–Crippen LogP) is 4.71. The minimum absolute atomic E-state index is 0.0782. The highest BCUT2D eigenvalue weighted by atomic mass is 32.2. The van der Waals surface area contributed by atoms with E-state index in [0.29, 0.717) is 31.9 Å². The van der Waals surface area contributed by atoms with E-state index in [1.54, 1.807) is 29.8 Å². The highest BCUT2D eigenvalue weighted by molar-refractivity contribution is 8.00. The van der Waals surface area contributed by atoms with Crippen molar-refractivity contribution in [3.05, 3.63) is 76.4 Å². The lowest BCUT2D eigenvalue weighted by Crippen LogP contribution is -2.49. The first kappa shape index (κ1) is 22.3. The summed E-state index contributed by atoms with van der Waals surface area (Å²) < 4.78 is 0. The Hall–Kier alpha value is -3.50. The number of nitro groups is 1. The number of nitrogens with zero attached hydrogens (tertiary/aromatic N) is 5. The number of rotatable bonds is 6. The standard InChI is InChI=1S/C24H21N5O3S2/c30-21(28-12-10-27(11-13-28)18-6-8-19(9-7-18)29(31)32)15-34-24-22-20(17-4-2-1-3-5-17)14-33-23(22)25-16-26-24/h1-9,14,16H,10-13,15H2. The molecule has 0 radical (unpaired) electrons. The molecule has 1 aliphatic rings. The fourth-order valence-corrected chi connectivity index (χ4v) is 5.90. The summed E-state index contributed by atoms with van der Waals surface area (Å²) in [5.41, 5.74) is 3.21. The predicted molar refractivity (Wildman–Crippen MR) is 135 cm³/mol. The summed E-state index contributed by atoms with van der Waals surface area (Å²) in [5, 5.41) is 14.8. The molecule has 8 nitrogen and oxygen atoms in total. The number of thioether (sulfide) groups is 1. The Bertz CT molecular complexity index is 1320. The van der Waals surface area contributed by atoms with Crippen molar-refractivity contribution in [2.45, 2.75) is 5.03 Å². The van der Waals surface area contributed by atoms with Crippen molar-refractivity contribution in [3.8, 4) is 11.1 Å². The molecule has 2 aromatic carbocycles. The first-order valence-electron chi connectivity index (χ1n) is 10.8. The Balaban J connectivity index is 1.22. The number of anilines is 1. The van der Waals surface area contributed by atoms with Gasteiger partial charge >= 0.3 is 0 Å². The van der Waals surface area contributed by atoms with Crippen molar-refractivity contribution in [2.24, 2.45) is 0 Å². The van der Waals surface area contributed by atoms with E-state index >= 15 is 0 Å². The molecule has 0 saturated carbocycles. The molecular weight excluding hydrogens is 470 g/mol. The first-order chi connectivity index (χ1) is 16.6. The molecule has 0 N–H and O–H groups in total. The van der Waals surface area contributed by atoms with Crippen LogP contribution in [0.25, 0.3) is 21.3 Å². The van der Waals surface area contributed by atoms with Crippen LogP contribution in [-0.2, 0) is 4.79 Å². The highest BCUT2D eigenvalue weighted by Crippen LogP contribution is 2.37. The summed E-state index contributed by atoms with van der Waals surface area (Å²) in [7, 11) is 0. The molecule has 3 heterocycles. The van der Waals surface area contributed by atoms with Crippen LogP contribution in [-0.4, -0.2) is 57.6 Å². The summed E-state index contributed by atoms with van der Waals surface area (Å²) >= 11 is 3.04. The zero-order chi connectivity index (χ0) is 23.5. The van der Waals surface area contributed by atoms with E-state index in [1.807, 2.05) is 23.1 Å². The average molecular weight is 492 g/mol. The van der Waals surface area contributed by atoms with Gasteiger partial charge in [-0.05, 0) is 17.7 Å². The Morgan fingerprint density at radius 1 is 1.03 bits per heavy atom. The maximum absolute atomic E-state index is 12.9. The molecule has 1 amide bonds. The van der Waals surface area contributed by atoms with Gasteiger partial charge < -0.3 is 9.80 Å². The minimum atomic E-state index is -0.400. The van der Waals surface area contributed by atoms with Crippen LogP contribution < -0.4 is 4.90 Å². The number of benzene rings is 2. The van der Waals surface area contributed by atoms with E-state index in [2.05, 4.69) is 32.4 Å². The topological polar surface area (TPSA) is 92.5 Å². The van der Waals surface area contributed by atoms with Gasteiger partial charge in [0.2, 0.25) is 5.91 Å². The fourth-order valence-electron chi connectivity index (χ4n) is 4.01. The number of hydrogen-bond donors (Lipinski definition) is 0. The van der Waals surface area contributed by atoms with Gasteiger partial charge in [-0.25, -0.2) is 9.97 Å². The Morgan fingerprint density at radius 3 is 2.47 bits per heavy atom. The van der Waals surface area contributed by atoms with E-state index in [1.165, 1.54) is 23.9 Å². The number of thiophene rings is 1. The van der Waals surface area contributed by atoms with Gasteiger partial charge in [0.1, 0.15) is 16.2 Å². The molecule has 10 heteroatoms. The lowest BCUT2D eigenvalue weighted by Gasteiger charge is -2.36. The van der Waals surface area contributed by atoms with E-state index in [0.717, 1.165) is 32.1 Å². The molecule has 1 fully saturated rings. The number of carbonyl (C=O) groups excluding carboxylic acids is 1. The molecule has 1 saturated heterocycles. The van der Waals surface area contributed by atoms with E-state index in [9.17, 15) is 14.9 Å². The normalized spacial score (nSPS) is 13.9. The molecule has 172 valence electrons. The third-order valence-electron chi connectivity index (χ3n) is 5.81. The average Bonchev–Trinajstić information content (AvgIpc) is 3.33. The molecule has 0 unspecified atom stereocenters. The summed E-state index contributed by atoms with van der Waals surface area (Å²) in [6.07, 6.45) is 1.56. The molecule has 4 aromatic rings. The van der Waals surface area contributed by atoms with Crippen molar-refractivity contribution in [1.82, 2.24) is 14.9 Å². The van der Waals surface area contributed by atoms with Crippen LogP contribution in [0.5, 0.6) is 0 Å². The first-order valence-corrected chi connectivity index (χ1v) is 12.6. The number of carbonyl (C=O) groups is 1. The molecule has 2 aromatic heterocycles. The van der Waals surface area contributed by atoms with Crippen LogP contribution >= 0.6 is 23.1 Å². The van der Waals surface area contributed by atoms with Crippen LogP contribution in [0.15, 0.2) is 71.3 Å². The largest absolute Gasteiger partial charge is 0.368 e. The zero-order valence-electron chi connectivity index (χ0n) is 18.2. The molecule has 34 heavy (non-hydrogen) atoms. The summed E-state index contributed by atoms with van der Waals surface area (Å²) in [5.74, 6) is 0.393. The number of piperazine rings is 1. The van der Waals surface area contributed by atoms with E-state index < -0.39 is 4.92 Å². The van der Waals surface area contributed by atoms with Crippen LogP contribution in [0, 0.1) is 10.1 Å². The second kappa shape index (κ2) is 9.78. The summed E-state index contributed by atoms with van der Waals surface area (Å²) in [6.45, 7) is 2.61. The Labute approximate surface area is 204 Å². The molecule has 0 aliphatic carbocycles. The monoisotopic (exact) mass is 491 g/mol. The molecule has 0 bridgehead atoms. The third-order valence-corrected chi connectivity index (χ3v) is 7.67. The van der Waals surface area contributed by atoms with Crippen LogP contribution in [0.2, 0.25) is 0 Å². The van der Waals surface area contributed by atoms with Gasteiger partial charge in [-0.15, -0.1) is 11.3 Å². The Kier molecular flexibility index (Phi) is 6.41. The van der Waals surface area contributed by atoms with Gasteiger partial charge in [0.05, 0.1) is 16.1 Å². The van der Waals surface area contributed by atoms with Crippen molar-refractivity contribution in [3.63, 3.8) is 0 Å². The molecular formula is C24H21N5O3S2. The summed E-state index contributed by atoms with van der Waals surface area (Å²) in [4.78, 5) is 37.2. The summed E-state index contributed by atoms with van der Waals surface area (Å²) in [6, 6.07) is 16.7. The third kappa shape index (κ3) is 4.59. The number of fused-ring (bicyclic) bond motifs is 1. The molecule has 1 aliphatic heterocycles. The van der Waals surface area contributed by atoms with Crippen molar-refractivity contribution in [2.75, 3.05) is 36.8 Å². The van der Waals surface area contributed by atoms with E-state index in [4.69, 9.17) is 0 Å². The maximum atomic E-state index is 12.9. The second-order valence-electron chi connectivity index (χ2n) is 7.80. The van der Waals surface area contributed by atoms with Gasteiger partial charge in [-0.2, -0.15) is 0 Å². The van der Waals surface area contributed by atoms with Crippen LogP contribution in [0.3, 0.4) is 0 Å². The fraction of sp³-hybridized carbons (Fsp3) is 0.208. The highest BCUT2D eigenvalue weighted by Gasteiger charge is 2.23. The Morgan fingerprint density at radius 2 is 1.76 bits per heavy atom. The number of aromatic nitrogens is 2. The van der Waals surface area contributed by atoms with Gasteiger partial charge in [-0.1, -0.05) is 42.1 Å². The molecule has 0 spiro atoms. The maximum Gasteiger partial charge on any atom is 0.269 e. The molecule has 5 rings (SSSR count). The van der Waals surface area contributed by atoms with Gasteiger partial charge in [0.25, 0.3) is 5.69 Å². The van der Waals surface area contributed by atoms with E-state index in [-0.39, 0.29) is 11.6 Å². The van der Waals surface area contributed by atoms with Crippen LogP contribution in [0.4, 0.5) is 11.4 Å². The van der Waals surface area contributed by atoms with Crippen molar-refractivity contribution >= 4 is 50.6 Å². The van der Waals surface area contributed by atoms with Gasteiger partial charge in [0.15, 0.2) is 0 Å². The second-order valence-corrected chi connectivity index (χ2v) is 9.63. The van der Waals surface area contributed by atoms with Crippen molar-refractivity contribution < 1.29 is 9.72 Å². The van der Waals surface area contributed by atoms with Gasteiger partial charge in [0, 0.05) is 54.9 Å². The zero-order valence-corrected chi connectivity index (χ0v) is 19.8. The lowest BCUT2D eigenvalue weighted by atomic mass is 10.1. The lowest BCUT2D eigenvalue weighted by molar-refractivity contribution is -0.384. The SMILES string of the molecule is O=C(CSc1ncnc2scc(-c3ccccc3)c12)N1CCN(c2ccc([N+](=O)[O-])cc2)CC1. The quantitative estimate of drug-likeness (QED) is 0.167. The van der Waals surface area contributed by atoms with Gasteiger partial charge in [-0.3, -0.25) is 14.9 Å².